The van der Waals surface area contributed by atoms with E-state index in [1.807, 2.05) is 0 Å². The molecule has 0 spiro atoms. The molecule has 0 saturated heterocycles. The lowest BCUT2D eigenvalue weighted by Gasteiger charge is -2.28. The number of aliphatic hydroxyl groups excluding tert-OH is 1. The van der Waals surface area contributed by atoms with E-state index in [4.69, 9.17) is 10.2 Å². The molecule has 0 unspecified atom stereocenters. The highest BCUT2D eigenvalue weighted by Gasteiger charge is 2.21. The van der Waals surface area contributed by atoms with Crippen LogP contribution in [0.25, 0.3) is 0 Å². The topological polar surface area (TPSA) is 69.6 Å². The molecule has 14 heavy (non-hydrogen) atoms. The maximum atomic E-state index is 10.4. The monoisotopic (exact) mass is 201 g/mol. The molecule has 0 radical (unpaired) electrons. The third-order valence-corrected chi connectivity index (χ3v) is 2.94. The van der Waals surface area contributed by atoms with Crippen LogP contribution in [-0.4, -0.2) is 29.0 Å². The molecule has 1 fully saturated rings. The minimum atomic E-state index is -0.913. The van der Waals surface area contributed by atoms with Crippen LogP contribution in [0.5, 0.6) is 0 Å². The molecule has 0 atom stereocenters. The standard InChI is InChI=1S/C10H19NO3/c12-7-1-2-8-3-5-9(6-4-8)11-10(13)14/h8-9,11-12H,1-7H2,(H,13,14). The van der Waals surface area contributed by atoms with Crippen LogP contribution < -0.4 is 5.32 Å². The summed E-state index contributed by atoms with van der Waals surface area (Å²) < 4.78 is 0. The van der Waals surface area contributed by atoms with Gasteiger partial charge in [-0.25, -0.2) is 4.79 Å². The number of carbonyl (C=O) groups is 1. The van der Waals surface area contributed by atoms with Gasteiger partial charge in [0.25, 0.3) is 0 Å². The van der Waals surface area contributed by atoms with Crippen LogP contribution in [0.4, 0.5) is 4.79 Å². The van der Waals surface area contributed by atoms with Gasteiger partial charge in [-0.05, 0) is 44.4 Å². The van der Waals surface area contributed by atoms with Gasteiger partial charge in [0.05, 0.1) is 0 Å². The van der Waals surface area contributed by atoms with Crippen molar-refractivity contribution in [1.82, 2.24) is 5.32 Å². The predicted octanol–water partition coefficient (Wildman–Crippen LogP) is 1.59. The highest BCUT2D eigenvalue weighted by atomic mass is 16.4. The fraction of sp³-hybridized carbons (Fsp3) is 0.900. The molecule has 4 heteroatoms. The van der Waals surface area contributed by atoms with Gasteiger partial charge in [0.1, 0.15) is 0 Å². The molecule has 0 aromatic carbocycles. The summed E-state index contributed by atoms with van der Waals surface area (Å²) in [4.78, 5) is 10.4. The highest BCUT2D eigenvalue weighted by Crippen LogP contribution is 2.27. The van der Waals surface area contributed by atoms with Crippen LogP contribution in [0.1, 0.15) is 38.5 Å². The number of rotatable bonds is 4. The Balaban J connectivity index is 2.14. The predicted molar refractivity (Wildman–Crippen MR) is 53.2 cm³/mol. The molecular formula is C10H19NO3. The zero-order valence-corrected chi connectivity index (χ0v) is 8.41. The van der Waals surface area contributed by atoms with Crippen molar-refractivity contribution in [3.63, 3.8) is 0 Å². The van der Waals surface area contributed by atoms with Gasteiger partial charge in [-0.2, -0.15) is 0 Å². The number of hydrogen-bond acceptors (Lipinski definition) is 2. The second-order valence-electron chi connectivity index (χ2n) is 4.03. The summed E-state index contributed by atoms with van der Waals surface area (Å²) in [6, 6.07) is 0.151. The van der Waals surface area contributed by atoms with Gasteiger partial charge in [-0.3, -0.25) is 0 Å². The van der Waals surface area contributed by atoms with Crippen LogP contribution in [0, 0.1) is 5.92 Å². The first kappa shape index (κ1) is 11.3. The largest absolute Gasteiger partial charge is 0.465 e. The summed E-state index contributed by atoms with van der Waals surface area (Å²) in [5.74, 6) is 0.689. The lowest BCUT2D eigenvalue weighted by Crippen LogP contribution is -2.36. The molecule has 4 nitrogen and oxygen atoms in total. The lowest BCUT2D eigenvalue weighted by molar-refractivity contribution is 0.180. The second kappa shape index (κ2) is 5.86. The molecule has 1 rings (SSSR count). The lowest BCUT2D eigenvalue weighted by atomic mass is 9.83. The van der Waals surface area contributed by atoms with Crippen LogP contribution in [0.2, 0.25) is 0 Å². The maximum Gasteiger partial charge on any atom is 0.404 e. The first-order valence-corrected chi connectivity index (χ1v) is 5.32. The molecule has 3 N–H and O–H groups in total. The fourth-order valence-electron chi connectivity index (χ4n) is 2.15. The SMILES string of the molecule is O=C(O)NC1CCC(CCCO)CC1. The first-order valence-electron chi connectivity index (χ1n) is 5.32. The van der Waals surface area contributed by atoms with E-state index in [-0.39, 0.29) is 12.6 Å². The van der Waals surface area contributed by atoms with Crippen molar-refractivity contribution in [1.29, 1.82) is 0 Å². The number of amides is 1. The van der Waals surface area contributed by atoms with E-state index < -0.39 is 6.09 Å². The molecule has 1 amide bonds. The Kier molecular flexibility index (Phi) is 4.73. The van der Waals surface area contributed by atoms with Gasteiger partial charge in [0.2, 0.25) is 0 Å². The Hall–Kier alpha value is -0.770. The molecule has 0 aliphatic heterocycles. The van der Waals surface area contributed by atoms with E-state index >= 15 is 0 Å². The molecule has 0 bridgehead atoms. The summed E-state index contributed by atoms with van der Waals surface area (Å²) in [7, 11) is 0. The summed E-state index contributed by atoms with van der Waals surface area (Å²) in [5.41, 5.74) is 0. The van der Waals surface area contributed by atoms with Crippen molar-refractivity contribution in [3.05, 3.63) is 0 Å². The third-order valence-electron chi connectivity index (χ3n) is 2.94. The average Bonchev–Trinajstić information content (AvgIpc) is 2.16. The van der Waals surface area contributed by atoms with Crippen molar-refractivity contribution in [2.75, 3.05) is 6.61 Å². The van der Waals surface area contributed by atoms with Gasteiger partial charge in [0, 0.05) is 12.6 Å². The second-order valence-corrected chi connectivity index (χ2v) is 4.03. The number of aliphatic hydroxyl groups is 1. The zero-order valence-electron chi connectivity index (χ0n) is 8.41. The summed E-state index contributed by atoms with van der Waals surface area (Å²) in [6.45, 7) is 0.271. The third kappa shape index (κ3) is 3.96. The fourth-order valence-corrected chi connectivity index (χ4v) is 2.15. The van der Waals surface area contributed by atoms with Gasteiger partial charge in [-0.1, -0.05) is 0 Å². The van der Waals surface area contributed by atoms with E-state index in [9.17, 15) is 4.79 Å². The Bertz CT molecular complexity index is 176. The van der Waals surface area contributed by atoms with Crippen molar-refractivity contribution in [2.24, 2.45) is 5.92 Å². The normalized spacial score (nSPS) is 27.2. The van der Waals surface area contributed by atoms with E-state index in [0.717, 1.165) is 38.5 Å². The van der Waals surface area contributed by atoms with Crippen molar-refractivity contribution in [2.45, 2.75) is 44.6 Å². The number of nitrogens with one attached hydrogen (secondary N) is 1. The van der Waals surface area contributed by atoms with E-state index in [1.165, 1.54) is 0 Å². The summed E-state index contributed by atoms with van der Waals surface area (Å²) in [5, 5.41) is 19.7. The van der Waals surface area contributed by atoms with Gasteiger partial charge in [-0.15, -0.1) is 0 Å². The van der Waals surface area contributed by atoms with Crippen LogP contribution in [0.3, 0.4) is 0 Å². The Labute approximate surface area is 84.3 Å². The van der Waals surface area contributed by atoms with Crippen LogP contribution >= 0.6 is 0 Å². The van der Waals surface area contributed by atoms with Crippen molar-refractivity contribution < 1.29 is 15.0 Å². The van der Waals surface area contributed by atoms with E-state index in [1.54, 1.807) is 0 Å². The molecule has 0 heterocycles. The first-order chi connectivity index (χ1) is 6.72. The minimum absolute atomic E-state index is 0.151. The average molecular weight is 201 g/mol. The maximum absolute atomic E-state index is 10.4. The summed E-state index contributed by atoms with van der Waals surface area (Å²) in [6.07, 6.45) is 5.11. The van der Waals surface area contributed by atoms with E-state index in [0.29, 0.717) is 5.92 Å². The number of hydrogen-bond donors (Lipinski definition) is 3. The van der Waals surface area contributed by atoms with Crippen molar-refractivity contribution in [3.8, 4) is 0 Å². The van der Waals surface area contributed by atoms with Crippen LogP contribution in [-0.2, 0) is 0 Å². The molecule has 82 valence electrons. The van der Waals surface area contributed by atoms with Crippen molar-refractivity contribution >= 4 is 6.09 Å². The van der Waals surface area contributed by atoms with Gasteiger partial charge in [0.15, 0.2) is 0 Å². The molecule has 0 aromatic heterocycles. The summed E-state index contributed by atoms with van der Waals surface area (Å²) >= 11 is 0. The smallest absolute Gasteiger partial charge is 0.404 e. The minimum Gasteiger partial charge on any atom is -0.465 e. The molecule has 1 aliphatic rings. The molecular weight excluding hydrogens is 182 g/mol. The van der Waals surface area contributed by atoms with Gasteiger partial charge < -0.3 is 15.5 Å². The molecule has 1 aliphatic carbocycles. The Morgan fingerprint density at radius 3 is 2.43 bits per heavy atom. The van der Waals surface area contributed by atoms with Crippen LogP contribution in [0.15, 0.2) is 0 Å². The number of carboxylic acid groups (broad SMARTS) is 1. The van der Waals surface area contributed by atoms with E-state index in [2.05, 4.69) is 5.32 Å². The molecule has 1 saturated carbocycles. The molecule has 0 aromatic rings. The quantitative estimate of drug-likeness (QED) is 0.647. The van der Waals surface area contributed by atoms with Gasteiger partial charge >= 0.3 is 6.09 Å². The Morgan fingerprint density at radius 2 is 1.93 bits per heavy atom. The zero-order chi connectivity index (χ0) is 10.4. The Morgan fingerprint density at radius 1 is 1.29 bits per heavy atom. The highest BCUT2D eigenvalue weighted by molar-refractivity contribution is 5.64.